The molecule has 0 aliphatic heterocycles. The van der Waals surface area contributed by atoms with E-state index in [9.17, 15) is 17.6 Å². The number of aromatic nitrogens is 2. The standard InChI is InChI=1S/C18H13F4N3O/c19-17(9-10-17)16-25-24-15(26-16)13-3-1-2-4-14(13)23-12-7-5-11(6-8-12)18(20,21)22/h1-8,23H,9-10H2. The van der Waals surface area contributed by atoms with Crippen LogP contribution in [0.2, 0.25) is 0 Å². The first kappa shape index (κ1) is 16.6. The lowest BCUT2D eigenvalue weighted by Crippen LogP contribution is -2.04. The molecule has 0 saturated heterocycles. The topological polar surface area (TPSA) is 51.0 Å². The Hall–Kier alpha value is -2.90. The molecule has 2 aromatic carbocycles. The Labute approximate surface area is 145 Å². The number of nitrogens with one attached hydrogen (secondary N) is 1. The average molecular weight is 363 g/mol. The van der Waals surface area contributed by atoms with Crippen molar-refractivity contribution in [3.63, 3.8) is 0 Å². The van der Waals surface area contributed by atoms with E-state index in [2.05, 4.69) is 15.5 Å². The van der Waals surface area contributed by atoms with Crippen molar-refractivity contribution in [2.24, 2.45) is 0 Å². The minimum atomic E-state index is -4.39. The quantitative estimate of drug-likeness (QED) is 0.626. The molecule has 26 heavy (non-hydrogen) atoms. The van der Waals surface area contributed by atoms with Gasteiger partial charge >= 0.3 is 6.18 Å². The summed E-state index contributed by atoms with van der Waals surface area (Å²) in [6, 6.07) is 11.6. The van der Waals surface area contributed by atoms with Crippen LogP contribution in [0.15, 0.2) is 52.9 Å². The normalized spacial score (nSPS) is 15.7. The van der Waals surface area contributed by atoms with Gasteiger partial charge < -0.3 is 9.73 Å². The fourth-order valence-corrected chi connectivity index (χ4v) is 2.51. The molecule has 134 valence electrons. The van der Waals surface area contributed by atoms with Gasteiger partial charge in [0.15, 0.2) is 5.67 Å². The van der Waals surface area contributed by atoms with Gasteiger partial charge in [-0.25, -0.2) is 4.39 Å². The third-order valence-corrected chi connectivity index (χ3v) is 4.15. The Morgan fingerprint density at radius 3 is 2.31 bits per heavy atom. The van der Waals surface area contributed by atoms with Crippen LogP contribution in [0, 0.1) is 0 Å². The molecule has 0 atom stereocenters. The highest BCUT2D eigenvalue weighted by Gasteiger charge is 2.50. The second-order valence-corrected chi connectivity index (χ2v) is 6.12. The predicted molar refractivity (Wildman–Crippen MR) is 86.5 cm³/mol. The summed E-state index contributed by atoms with van der Waals surface area (Å²) in [5, 5.41) is 10.7. The molecular weight excluding hydrogens is 350 g/mol. The zero-order chi connectivity index (χ0) is 18.4. The molecule has 0 amide bonds. The molecule has 8 heteroatoms. The van der Waals surface area contributed by atoms with Crippen LogP contribution >= 0.6 is 0 Å². The number of hydrogen-bond donors (Lipinski definition) is 1. The van der Waals surface area contributed by atoms with Crippen LogP contribution in [0.25, 0.3) is 11.5 Å². The van der Waals surface area contributed by atoms with E-state index in [0.717, 1.165) is 12.1 Å². The molecule has 0 bridgehead atoms. The number of rotatable bonds is 4. The van der Waals surface area contributed by atoms with Crippen molar-refractivity contribution >= 4 is 11.4 Å². The minimum absolute atomic E-state index is 0.0446. The number of alkyl halides is 4. The SMILES string of the molecule is FC(F)(F)c1ccc(Nc2ccccc2-c2nnc(C3(F)CC3)o2)cc1. The van der Waals surface area contributed by atoms with Crippen LogP contribution in [0.1, 0.15) is 24.3 Å². The van der Waals surface area contributed by atoms with Crippen molar-refractivity contribution in [2.45, 2.75) is 24.7 Å². The summed E-state index contributed by atoms with van der Waals surface area (Å²) in [6.45, 7) is 0. The molecule has 1 saturated carbocycles. The van der Waals surface area contributed by atoms with E-state index >= 15 is 0 Å². The van der Waals surface area contributed by atoms with Crippen molar-refractivity contribution in [1.29, 1.82) is 0 Å². The molecule has 1 aromatic heterocycles. The first-order chi connectivity index (χ1) is 12.4. The van der Waals surface area contributed by atoms with Crippen LogP contribution < -0.4 is 5.32 Å². The lowest BCUT2D eigenvalue weighted by atomic mass is 10.1. The van der Waals surface area contributed by atoms with Crippen LogP contribution in [0.3, 0.4) is 0 Å². The van der Waals surface area contributed by atoms with Gasteiger partial charge in [0.2, 0.25) is 5.89 Å². The van der Waals surface area contributed by atoms with Crippen molar-refractivity contribution in [3.8, 4) is 11.5 Å². The highest BCUT2D eigenvalue weighted by molar-refractivity contribution is 5.76. The van der Waals surface area contributed by atoms with Crippen LogP contribution in [-0.2, 0) is 11.8 Å². The molecule has 1 aliphatic carbocycles. The molecular formula is C18H13F4N3O. The molecule has 4 nitrogen and oxygen atoms in total. The number of benzene rings is 2. The monoisotopic (exact) mass is 363 g/mol. The highest BCUT2D eigenvalue weighted by atomic mass is 19.4. The second-order valence-electron chi connectivity index (χ2n) is 6.12. The summed E-state index contributed by atoms with van der Waals surface area (Å²) in [7, 11) is 0. The summed E-state index contributed by atoms with van der Waals surface area (Å²) in [5.74, 6) is 0.107. The highest BCUT2D eigenvalue weighted by Crippen LogP contribution is 2.49. The van der Waals surface area contributed by atoms with Crippen LogP contribution in [0.4, 0.5) is 28.9 Å². The Morgan fingerprint density at radius 1 is 0.962 bits per heavy atom. The van der Waals surface area contributed by atoms with E-state index in [1.54, 1.807) is 24.3 Å². The Bertz CT molecular complexity index is 930. The predicted octanol–water partition coefficient (Wildman–Crippen LogP) is 5.46. The average Bonchev–Trinajstić information content (AvgIpc) is 3.17. The third-order valence-electron chi connectivity index (χ3n) is 4.15. The van der Waals surface area contributed by atoms with Gasteiger partial charge in [0.05, 0.1) is 16.8 Å². The molecule has 1 heterocycles. The number of halogens is 4. The van der Waals surface area contributed by atoms with E-state index in [0.29, 0.717) is 29.8 Å². The molecule has 3 aromatic rings. The molecule has 0 spiro atoms. The summed E-state index contributed by atoms with van der Waals surface area (Å²) >= 11 is 0. The molecule has 0 radical (unpaired) electrons. The van der Waals surface area contributed by atoms with Gasteiger partial charge in [-0.15, -0.1) is 10.2 Å². The van der Waals surface area contributed by atoms with E-state index in [-0.39, 0.29) is 11.8 Å². The lowest BCUT2D eigenvalue weighted by molar-refractivity contribution is -0.137. The maximum atomic E-state index is 14.0. The van der Waals surface area contributed by atoms with Crippen LogP contribution in [0.5, 0.6) is 0 Å². The zero-order valence-electron chi connectivity index (χ0n) is 13.3. The first-order valence-electron chi connectivity index (χ1n) is 7.92. The number of anilines is 2. The summed E-state index contributed by atoms with van der Waals surface area (Å²) in [4.78, 5) is 0. The second kappa shape index (κ2) is 5.82. The molecule has 0 unspecified atom stereocenters. The maximum absolute atomic E-state index is 14.0. The van der Waals surface area contributed by atoms with Gasteiger partial charge in [-0.2, -0.15) is 13.2 Å². The van der Waals surface area contributed by atoms with Crippen molar-refractivity contribution in [1.82, 2.24) is 10.2 Å². The largest absolute Gasteiger partial charge is 0.417 e. The Morgan fingerprint density at radius 2 is 1.65 bits per heavy atom. The van der Waals surface area contributed by atoms with Gasteiger partial charge in [-0.05, 0) is 49.2 Å². The van der Waals surface area contributed by atoms with Crippen LogP contribution in [-0.4, -0.2) is 10.2 Å². The third kappa shape index (κ3) is 3.14. The van der Waals surface area contributed by atoms with Gasteiger partial charge in [0, 0.05) is 5.69 Å². The van der Waals surface area contributed by atoms with E-state index < -0.39 is 17.4 Å². The number of nitrogens with zero attached hydrogens (tertiary/aromatic N) is 2. The fraction of sp³-hybridized carbons (Fsp3) is 0.222. The molecule has 4 rings (SSSR count). The van der Waals surface area contributed by atoms with E-state index in [4.69, 9.17) is 4.42 Å². The van der Waals surface area contributed by atoms with Gasteiger partial charge in [-0.1, -0.05) is 12.1 Å². The number of hydrogen-bond acceptors (Lipinski definition) is 4. The Kier molecular flexibility index (Phi) is 3.71. The van der Waals surface area contributed by atoms with Crippen molar-refractivity contribution in [3.05, 3.63) is 60.0 Å². The van der Waals surface area contributed by atoms with Crippen molar-refractivity contribution < 1.29 is 22.0 Å². The summed E-state index contributed by atoms with van der Waals surface area (Å²) in [6.07, 6.45) is -3.66. The van der Waals surface area contributed by atoms with Gasteiger partial charge in [-0.3, -0.25) is 0 Å². The minimum Gasteiger partial charge on any atom is -0.417 e. The number of para-hydroxylation sites is 1. The first-order valence-corrected chi connectivity index (χ1v) is 7.92. The fourth-order valence-electron chi connectivity index (χ4n) is 2.51. The van der Waals surface area contributed by atoms with Gasteiger partial charge in [0.25, 0.3) is 5.89 Å². The summed E-state index contributed by atoms with van der Waals surface area (Å²) < 4.78 is 57.5. The molecule has 1 N–H and O–H groups in total. The van der Waals surface area contributed by atoms with E-state index in [1.165, 1.54) is 12.1 Å². The lowest BCUT2D eigenvalue weighted by Gasteiger charge is -2.11. The van der Waals surface area contributed by atoms with Gasteiger partial charge in [0.1, 0.15) is 0 Å². The Balaban J connectivity index is 1.61. The van der Waals surface area contributed by atoms with E-state index in [1.807, 2.05) is 0 Å². The summed E-state index contributed by atoms with van der Waals surface area (Å²) in [5.41, 5.74) is -0.687. The molecule has 1 fully saturated rings. The molecule has 1 aliphatic rings. The maximum Gasteiger partial charge on any atom is 0.416 e. The zero-order valence-corrected chi connectivity index (χ0v) is 13.3. The van der Waals surface area contributed by atoms with Crippen molar-refractivity contribution in [2.75, 3.05) is 5.32 Å². The smallest absolute Gasteiger partial charge is 0.416 e.